The van der Waals surface area contributed by atoms with Crippen molar-refractivity contribution in [2.45, 2.75) is 0 Å². The SMILES string of the molecule is O=C(O)C(=Cc1ccc2c(c1)OCO2)NC(=O)c1cccc(Br)c1. The van der Waals surface area contributed by atoms with Gasteiger partial charge in [0.25, 0.3) is 5.91 Å². The molecule has 122 valence electrons. The number of benzene rings is 2. The first-order valence-electron chi connectivity index (χ1n) is 6.94. The summed E-state index contributed by atoms with van der Waals surface area (Å²) in [5.41, 5.74) is 0.687. The molecule has 1 heterocycles. The minimum Gasteiger partial charge on any atom is -0.477 e. The van der Waals surface area contributed by atoms with Crippen molar-refractivity contribution in [1.29, 1.82) is 0 Å². The number of carboxylic acid groups (broad SMARTS) is 1. The van der Waals surface area contributed by atoms with Crippen LogP contribution < -0.4 is 14.8 Å². The first kappa shape index (κ1) is 16.1. The van der Waals surface area contributed by atoms with E-state index in [4.69, 9.17) is 9.47 Å². The Morgan fingerprint density at radius 2 is 1.92 bits per heavy atom. The zero-order valence-electron chi connectivity index (χ0n) is 12.3. The zero-order chi connectivity index (χ0) is 17.1. The summed E-state index contributed by atoms with van der Waals surface area (Å²) in [6, 6.07) is 11.7. The second kappa shape index (κ2) is 6.76. The number of carbonyl (C=O) groups is 2. The summed E-state index contributed by atoms with van der Waals surface area (Å²) in [4.78, 5) is 23.6. The minimum absolute atomic E-state index is 0.133. The van der Waals surface area contributed by atoms with Crippen molar-refractivity contribution in [3.8, 4) is 11.5 Å². The molecule has 0 radical (unpaired) electrons. The van der Waals surface area contributed by atoms with Crippen LogP contribution in [-0.2, 0) is 4.79 Å². The van der Waals surface area contributed by atoms with Crippen molar-refractivity contribution in [1.82, 2.24) is 5.32 Å². The number of hydrogen-bond acceptors (Lipinski definition) is 4. The lowest BCUT2D eigenvalue weighted by Gasteiger charge is -2.07. The molecule has 6 nitrogen and oxygen atoms in total. The average Bonchev–Trinajstić information content (AvgIpc) is 3.01. The number of carbonyl (C=O) groups excluding carboxylic acids is 1. The van der Waals surface area contributed by atoms with E-state index < -0.39 is 11.9 Å². The third-order valence-corrected chi connectivity index (χ3v) is 3.77. The van der Waals surface area contributed by atoms with E-state index in [9.17, 15) is 14.7 Å². The Morgan fingerprint density at radius 3 is 2.67 bits per heavy atom. The molecule has 1 aliphatic heterocycles. The number of rotatable bonds is 4. The van der Waals surface area contributed by atoms with E-state index in [0.29, 0.717) is 22.6 Å². The molecule has 0 saturated heterocycles. The highest BCUT2D eigenvalue weighted by Gasteiger charge is 2.16. The summed E-state index contributed by atoms with van der Waals surface area (Å²) >= 11 is 3.27. The molecule has 0 aliphatic carbocycles. The van der Waals surface area contributed by atoms with Crippen LogP contribution in [0.25, 0.3) is 6.08 Å². The smallest absolute Gasteiger partial charge is 0.352 e. The topological polar surface area (TPSA) is 84.9 Å². The quantitative estimate of drug-likeness (QED) is 0.785. The summed E-state index contributed by atoms with van der Waals surface area (Å²) in [7, 11) is 0. The summed E-state index contributed by atoms with van der Waals surface area (Å²) in [5, 5.41) is 11.7. The molecule has 2 aromatic rings. The largest absolute Gasteiger partial charge is 0.477 e. The Bertz CT molecular complexity index is 847. The molecule has 7 heteroatoms. The van der Waals surface area contributed by atoms with Crippen LogP contribution in [0.5, 0.6) is 11.5 Å². The van der Waals surface area contributed by atoms with E-state index in [0.717, 1.165) is 4.47 Å². The number of amides is 1. The van der Waals surface area contributed by atoms with E-state index in [2.05, 4.69) is 21.2 Å². The van der Waals surface area contributed by atoms with E-state index in [1.54, 1.807) is 42.5 Å². The Balaban J connectivity index is 1.84. The number of aliphatic carboxylic acids is 1. The molecular weight excluding hydrogens is 378 g/mol. The first-order valence-corrected chi connectivity index (χ1v) is 7.74. The van der Waals surface area contributed by atoms with Gasteiger partial charge in [0.05, 0.1) is 0 Å². The van der Waals surface area contributed by atoms with Gasteiger partial charge in [-0.05, 0) is 42.0 Å². The van der Waals surface area contributed by atoms with Crippen LogP contribution >= 0.6 is 15.9 Å². The van der Waals surface area contributed by atoms with Crippen LogP contribution in [0.15, 0.2) is 52.6 Å². The maximum Gasteiger partial charge on any atom is 0.352 e. The third-order valence-electron chi connectivity index (χ3n) is 3.27. The van der Waals surface area contributed by atoms with Crippen LogP contribution in [0, 0.1) is 0 Å². The lowest BCUT2D eigenvalue weighted by Crippen LogP contribution is -2.27. The zero-order valence-corrected chi connectivity index (χ0v) is 13.9. The lowest BCUT2D eigenvalue weighted by atomic mass is 10.1. The molecule has 0 spiro atoms. The third kappa shape index (κ3) is 3.57. The van der Waals surface area contributed by atoms with Crippen LogP contribution in [0.3, 0.4) is 0 Å². The van der Waals surface area contributed by atoms with Gasteiger partial charge in [-0.1, -0.05) is 28.1 Å². The molecule has 0 aromatic heterocycles. The lowest BCUT2D eigenvalue weighted by molar-refractivity contribution is -0.132. The number of nitrogens with one attached hydrogen (secondary N) is 1. The maximum atomic E-state index is 12.2. The van der Waals surface area contributed by atoms with Gasteiger partial charge < -0.3 is 19.9 Å². The van der Waals surface area contributed by atoms with Crippen molar-refractivity contribution in [3.05, 3.63) is 63.8 Å². The highest BCUT2D eigenvalue weighted by Crippen LogP contribution is 2.33. The fraction of sp³-hybridized carbons (Fsp3) is 0.0588. The fourth-order valence-electron chi connectivity index (χ4n) is 2.15. The summed E-state index contributed by atoms with van der Waals surface area (Å²) in [5.74, 6) is -0.615. The molecule has 3 rings (SSSR count). The van der Waals surface area contributed by atoms with Crippen molar-refractivity contribution in [2.24, 2.45) is 0 Å². The Hall–Kier alpha value is -2.80. The van der Waals surface area contributed by atoms with E-state index in [-0.39, 0.29) is 12.5 Å². The molecule has 2 aromatic carbocycles. The molecule has 0 unspecified atom stereocenters. The molecule has 0 bridgehead atoms. The Kier molecular flexibility index (Phi) is 4.52. The monoisotopic (exact) mass is 389 g/mol. The van der Waals surface area contributed by atoms with E-state index >= 15 is 0 Å². The molecule has 0 atom stereocenters. The highest BCUT2D eigenvalue weighted by atomic mass is 79.9. The number of ether oxygens (including phenoxy) is 2. The summed E-state index contributed by atoms with van der Waals surface area (Å²) < 4.78 is 11.2. The van der Waals surface area contributed by atoms with Crippen LogP contribution in [0.4, 0.5) is 0 Å². The highest BCUT2D eigenvalue weighted by molar-refractivity contribution is 9.10. The second-order valence-corrected chi connectivity index (χ2v) is 5.86. The van der Waals surface area contributed by atoms with Gasteiger partial charge in [-0.25, -0.2) is 4.79 Å². The Labute approximate surface area is 145 Å². The van der Waals surface area contributed by atoms with Crippen molar-refractivity contribution >= 4 is 33.9 Å². The number of fused-ring (bicyclic) bond motifs is 1. The van der Waals surface area contributed by atoms with Gasteiger partial charge in [-0.2, -0.15) is 0 Å². The molecule has 1 aliphatic rings. The minimum atomic E-state index is -1.24. The molecule has 1 amide bonds. The maximum absolute atomic E-state index is 12.2. The molecule has 24 heavy (non-hydrogen) atoms. The average molecular weight is 390 g/mol. The molecule has 0 saturated carbocycles. The van der Waals surface area contributed by atoms with E-state index in [1.807, 2.05) is 0 Å². The van der Waals surface area contributed by atoms with Crippen LogP contribution in [-0.4, -0.2) is 23.8 Å². The molecule has 0 fully saturated rings. The van der Waals surface area contributed by atoms with Gasteiger partial charge in [-0.3, -0.25) is 4.79 Å². The van der Waals surface area contributed by atoms with Crippen molar-refractivity contribution < 1.29 is 24.2 Å². The van der Waals surface area contributed by atoms with Gasteiger partial charge in [-0.15, -0.1) is 0 Å². The van der Waals surface area contributed by atoms with Gasteiger partial charge >= 0.3 is 5.97 Å². The normalized spacial score (nSPS) is 12.8. The predicted molar refractivity (Wildman–Crippen MR) is 89.8 cm³/mol. The Morgan fingerprint density at radius 1 is 1.12 bits per heavy atom. The second-order valence-electron chi connectivity index (χ2n) is 4.94. The summed E-state index contributed by atoms with van der Waals surface area (Å²) in [6.45, 7) is 0.133. The van der Waals surface area contributed by atoms with Gasteiger partial charge in [0.2, 0.25) is 6.79 Å². The van der Waals surface area contributed by atoms with Gasteiger partial charge in [0.15, 0.2) is 11.5 Å². The predicted octanol–water partition coefficient (Wildman–Crippen LogP) is 3.03. The van der Waals surface area contributed by atoms with Crippen LogP contribution in [0.2, 0.25) is 0 Å². The summed E-state index contributed by atoms with van der Waals surface area (Å²) in [6.07, 6.45) is 1.36. The van der Waals surface area contributed by atoms with E-state index in [1.165, 1.54) is 6.08 Å². The number of hydrogen-bond donors (Lipinski definition) is 2. The number of halogens is 1. The molecule has 2 N–H and O–H groups in total. The van der Waals surface area contributed by atoms with Crippen molar-refractivity contribution in [3.63, 3.8) is 0 Å². The fourth-order valence-corrected chi connectivity index (χ4v) is 2.54. The van der Waals surface area contributed by atoms with Crippen LogP contribution in [0.1, 0.15) is 15.9 Å². The van der Waals surface area contributed by atoms with Crippen molar-refractivity contribution in [2.75, 3.05) is 6.79 Å². The molecular formula is C17H12BrNO5. The van der Waals surface area contributed by atoms with Gasteiger partial charge in [0, 0.05) is 10.0 Å². The van der Waals surface area contributed by atoms with Gasteiger partial charge in [0.1, 0.15) is 5.70 Å². The number of carboxylic acids is 1. The first-order chi connectivity index (χ1) is 11.5. The standard InChI is InChI=1S/C17H12BrNO5/c18-12-3-1-2-11(8-12)16(20)19-13(17(21)22)6-10-4-5-14-15(7-10)24-9-23-14/h1-8H,9H2,(H,19,20)(H,21,22).